The minimum absolute atomic E-state index is 0.213. The van der Waals surface area contributed by atoms with E-state index in [-0.39, 0.29) is 6.61 Å². The van der Waals surface area contributed by atoms with Gasteiger partial charge in [-0.15, -0.1) is 0 Å². The van der Waals surface area contributed by atoms with E-state index >= 15 is 0 Å². The zero-order valence-electron chi connectivity index (χ0n) is 5.33. The first-order valence-corrected chi connectivity index (χ1v) is 3.65. The highest BCUT2D eigenvalue weighted by atomic mass is 32.2. The largest absolute Gasteiger partial charge is 0.450 e. The second-order valence-corrected chi connectivity index (χ2v) is 2.00. The van der Waals surface area contributed by atoms with Crippen molar-refractivity contribution in [1.82, 2.24) is 5.32 Å². The van der Waals surface area contributed by atoms with Crippen LogP contribution in [0.4, 0.5) is 4.79 Å². The number of nitrogens with one attached hydrogen (secondary N) is 1. The van der Waals surface area contributed by atoms with Gasteiger partial charge in [0.1, 0.15) is 5.49 Å². The smallest absolute Gasteiger partial charge is 0.411 e. The van der Waals surface area contributed by atoms with Crippen molar-refractivity contribution in [2.24, 2.45) is 0 Å². The minimum atomic E-state index is -2.38. The van der Waals surface area contributed by atoms with Gasteiger partial charge in [-0.05, 0) is 6.92 Å². The van der Waals surface area contributed by atoms with Crippen LogP contribution in [0.5, 0.6) is 0 Å². The summed E-state index contributed by atoms with van der Waals surface area (Å²) in [6.45, 7) is 1.83. The van der Waals surface area contributed by atoms with Gasteiger partial charge < -0.3 is 4.74 Å². The van der Waals surface area contributed by atoms with Gasteiger partial charge in [0.25, 0.3) is 0 Å². The molecule has 5 nitrogen and oxygen atoms in total. The maximum Gasteiger partial charge on any atom is 0.411 e. The summed E-state index contributed by atoms with van der Waals surface area (Å²) in [6.07, 6.45) is -0.772. The van der Waals surface area contributed by atoms with Crippen LogP contribution in [-0.2, 0) is 15.0 Å². The fraction of sp³-hybridized carbons (Fsp3) is 0.500. The van der Waals surface area contributed by atoms with Crippen molar-refractivity contribution >= 4 is 21.9 Å². The van der Waals surface area contributed by atoms with Crippen LogP contribution in [-0.4, -0.2) is 26.6 Å². The van der Waals surface area contributed by atoms with E-state index in [0.717, 1.165) is 0 Å². The van der Waals surface area contributed by atoms with Crippen LogP contribution in [0.3, 0.4) is 0 Å². The second kappa shape index (κ2) is 4.80. The zero-order valence-corrected chi connectivity index (χ0v) is 6.14. The summed E-state index contributed by atoms with van der Waals surface area (Å²) in [6, 6.07) is 0. The summed E-state index contributed by atoms with van der Waals surface area (Å²) in [4.78, 5) is 10.3. The number of alkyl carbamates (subject to hydrolysis) is 1. The number of carbonyl (C=O) groups excluding carboxylic acids is 1. The van der Waals surface area contributed by atoms with E-state index in [2.05, 4.69) is 4.74 Å². The first kappa shape index (κ1) is 8.96. The van der Waals surface area contributed by atoms with Crippen molar-refractivity contribution < 1.29 is 17.9 Å². The van der Waals surface area contributed by atoms with E-state index in [4.69, 9.17) is 0 Å². The van der Waals surface area contributed by atoms with Crippen molar-refractivity contribution in [2.45, 2.75) is 6.92 Å². The topological polar surface area (TPSA) is 72.5 Å². The summed E-state index contributed by atoms with van der Waals surface area (Å²) >= 11 is 0. The highest BCUT2D eigenvalue weighted by Crippen LogP contribution is 1.71. The van der Waals surface area contributed by atoms with E-state index in [1.807, 2.05) is 5.32 Å². The molecule has 0 saturated carbocycles. The molecule has 0 saturated heterocycles. The van der Waals surface area contributed by atoms with Gasteiger partial charge in [-0.2, -0.15) is 8.42 Å². The first-order valence-electron chi connectivity index (χ1n) is 2.51. The Morgan fingerprint density at radius 3 is 2.70 bits per heavy atom. The van der Waals surface area contributed by atoms with E-state index in [0.29, 0.717) is 5.49 Å². The Morgan fingerprint density at radius 1 is 1.70 bits per heavy atom. The van der Waals surface area contributed by atoms with Crippen molar-refractivity contribution in [3.8, 4) is 0 Å². The van der Waals surface area contributed by atoms with Gasteiger partial charge in [-0.25, -0.2) is 4.79 Å². The lowest BCUT2D eigenvalue weighted by Gasteiger charge is -1.95. The lowest BCUT2D eigenvalue weighted by atomic mass is 10.9. The third kappa shape index (κ3) is 5.10. The van der Waals surface area contributed by atoms with Gasteiger partial charge in [-0.1, -0.05) is 0 Å². The van der Waals surface area contributed by atoms with Crippen LogP contribution in [0.15, 0.2) is 0 Å². The number of rotatable bonds is 2. The minimum Gasteiger partial charge on any atom is -0.450 e. The summed E-state index contributed by atoms with van der Waals surface area (Å²) in [5.41, 5.74) is 0.609. The molecule has 0 atom stereocenters. The molecule has 0 rings (SSSR count). The fourth-order valence-corrected chi connectivity index (χ4v) is 0.461. The van der Waals surface area contributed by atoms with Crippen LogP contribution in [0.2, 0.25) is 0 Å². The van der Waals surface area contributed by atoms with Crippen LogP contribution in [0.25, 0.3) is 0 Å². The fourth-order valence-electron chi connectivity index (χ4n) is 0.269. The molecule has 58 valence electrons. The number of hydrogen-bond donors (Lipinski definition) is 1. The Kier molecular flexibility index (Phi) is 4.30. The van der Waals surface area contributed by atoms with Gasteiger partial charge in [0.2, 0.25) is 10.3 Å². The molecule has 0 spiro atoms. The predicted octanol–water partition coefficient (Wildman–Crippen LogP) is -0.629. The van der Waals surface area contributed by atoms with Crippen LogP contribution < -0.4 is 5.32 Å². The van der Waals surface area contributed by atoms with Crippen LogP contribution in [0, 0.1) is 0 Å². The Balaban J connectivity index is 3.71. The van der Waals surface area contributed by atoms with Crippen LogP contribution >= 0.6 is 0 Å². The van der Waals surface area contributed by atoms with Gasteiger partial charge in [0, 0.05) is 0 Å². The molecule has 0 fully saturated rings. The first-order chi connectivity index (χ1) is 4.66. The molecule has 0 bridgehead atoms. The molecule has 6 heteroatoms. The van der Waals surface area contributed by atoms with E-state index in [9.17, 15) is 13.2 Å². The Morgan fingerprint density at radius 2 is 2.30 bits per heavy atom. The molecule has 0 aliphatic rings. The molecule has 0 aliphatic carbocycles. The SMILES string of the molecule is CCOC(=O)NC=S(=O)=O. The number of hydrogen-bond acceptors (Lipinski definition) is 4. The Labute approximate surface area is 59.5 Å². The quantitative estimate of drug-likeness (QED) is 0.553. The third-order valence-electron chi connectivity index (χ3n) is 0.548. The maximum absolute atomic E-state index is 10.3. The molecule has 0 heterocycles. The number of carbonyl (C=O) groups is 1. The van der Waals surface area contributed by atoms with E-state index in [1.165, 1.54) is 0 Å². The average Bonchev–Trinajstić information content (AvgIpc) is 1.85. The molecule has 10 heavy (non-hydrogen) atoms. The van der Waals surface area contributed by atoms with E-state index in [1.54, 1.807) is 6.92 Å². The Bertz CT molecular complexity index is 222. The highest BCUT2D eigenvalue weighted by molar-refractivity contribution is 7.71. The molecule has 0 aromatic heterocycles. The van der Waals surface area contributed by atoms with E-state index < -0.39 is 16.4 Å². The van der Waals surface area contributed by atoms with Gasteiger partial charge in [0.05, 0.1) is 6.61 Å². The standard InChI is InChI=1S/C4H7NO4S/c1-2-9-4(6)5-3-10(7)8/h3H,2H2,1H3,(H,5,6). The molecule has 0 aliphatic heterocycles. The third-order valence-corrected chi connectivity index (χ3v) is 0.859. The molecule has 0 aromatic rings. The van der Waals surface area contributed by atoms with Crippen molar-refractivity contribution in [1.29, 1.82) is 0 Å². The highest BCUT2D eigenvalue weighted by Gasteiger charge is 1.93. The zero-order chi connectivity index (χ0) is 7.98. The Hall–Kier alpha value is -1.04. The average molecular weight is 165 g/mol. The normalized spacial score (nSPS) is 8.10. The van der Waals surface area contributed by atoms with Gasteiger partial charge >= 0.3 is 6.09 Å². The molecule has 1 N–H and O–H groups in total. The summed E-state index contributed by atoms with van der Waals surface area (Å²) in [5.74, 6) is 0. The summed E-state index contributed by atoms with van der Waals surface area (Å²) in [7, 11) is -2.38. The predicted molar refractivity (Wildman–Crippen MR) is 35.1 cm³/mol. The lowest BCUT2D eigenvalue weighted by molar-refractivity contribution is 0.158. The second-order valence-electron chi connectivity index (χ2n) is 1.24. The molecular weight excluding hydrogens is 158 g/mol. The van der Waals surface area contributed by atoms with Crippen molar-refractivity contribution in [2.75, 3.05) is 6.61 Å². The van der Waals surface area contributed by atoms with Gasteiger partial charge in [-0.3, -0.25) is 5.32 Å². The molecule has 1 amide bonds. The molecule has 0 unspecified atom stereocenters. The molecular formula is C4H7NO4S. The summed E-state index contributed by atoms with van der Waals surface area (Å²) in [5, 5.41) is 1.88. The van der Waals surface area contributed by atoms with Crippen molar-refractivity contribution in [3.63, 3.8) is 0 Å². The number of amides is 1. The van der Waals surface area contributed by atoms with Crippen molar-refractivity contribution in [3.05, 3.63) is 0 Å². The van der Waals surface area contributed by atoms with Crippen LogP contribution in [0.1, 0.15) is 6.92 Å². The monoisotopic (exact) mass is 165 g/mol. The number of ether oxygens (including phenoxy) is 1. The molecule has 0 radical (unpaired) electrons. The molecule has 0 aromatic carbocycles. The van der Waals surface area contributed by atoms with Gasteiger partial charge in [0.15, 0.2) is 0 Å². The lowest BCUT2D eigenvalue weighted by Crippen LogP contribution is -2.22. The summed E-state index contributed by atoms with van der Waals surface area (Å²) < 4.78 is 23.9. The maximum atomic E-state index is 10.3.